The molecule has 0 N–H and O–H groups in total. The van der Waals surface area contributed by atoms with Crippen LogP contribution in [0.1, 0.15) is 79.1 Å². The molecule has 2 heteroatoms. The van der Waals surface area contributed by atoms with Crippen LogP contribution >= 0.6 is 0 Å². The molecule has 0 saturated heterocycles. The lowest BCUT2D eigenvalue weighted by Crippen LogP contribution is -2.50. The van der Waals surface area contributed by atoms with Crippen molar-refractivity contribution in [2.45, 2.75) is 79.1 Å². The zero-order chi connectivity index (χ0) is 17.8. The standard InChI is InChI=1S/C23H34O2/c1-5-15-13-17-18-7-8-21(24)23(18,4)12-10-19(17)22(3)11-9-16(25-6-2)14-20(15)22/h14,17-19H,5-13H2,1-4H3/t17-,18-,19-,22+,23-/m0/s1. The van der Waals surface area contributed by atoms with Gasteiger partial charge in [-0.3, -0.25) is 4.79 Å². The van der Waals surface area contributed by atoms with E-state index in [-0.39, 0.29) is 5.41 Å². The van der Waals surface area contributed by atoms with Crippen molar-refractivity contribution < 1.29 is 9.53 Å². The van der Waals surface area contributed by atoms with Gasteiger partial charge in [0.2, 0.25) is 0 Å². The molecule has 4 aliphatic carbocycles. The van der Waals surface area contributed by atoms with Crippen LogP contribution in [0.3, 0.4) is 0 Å². The summed E-state index contributed by atoms with van der Waals surface area (Å²) in [4.78, 5) is 12.6. The van der Waals surface area contributed by atoms with Gasteiger partial charge in [-0.2, -0.15) is 0 Å². The number of rotatable bonds is 3. The first-order valence-corrected chi connectivity index (χ1v) is 10.5. The Balaban J connectivity index is 1.75. The summed E-state index contributed by atoms with van der Waals surface area (Å²) >= 11 is 0. The van der Waals surface area contributed by atoms with E-state index in [9.17, 15) is 4.79 Å². The van der Waals surface area contributed by atoms with Crippen LogP contribution in [-0.4, -0.2) is 12.4 Å². The second kappa shape index (κ2) is 5.99. The number of fused-ring (bicyclic) bond motifs is 5. The van der Waals surface area contributed by atoms with Crippen molar-refractivity contribution in [3.63, 3.8) is 0 Å². The molecule has 0 radical (unpaired) electrons. The summed E-state index contributed by atoms with van der Waals surface area (Å²) in [5.41, 5.74) is 3.51. The molecule has 2 saturated carbocycles. The number of ether oxygens (including phenoxy) is 1. The molecule has 0 aromatic rings. The maximum absolute atomic E-state index is 12.6. The minimum Gasteiger partial charge on any atom is -0.498 e. The predicted molar refractivity (Wildman–Crippen MR) is 101 cm³/mol. The molecule has 0 heterocycles. The summed E-state index contributed by atoms with van der Waals surface area (Å²) in [6.45, 7) is 9.97. The maximum Gasteiger partial charge on any atom is 0.139 e. The van der Waals surface area contributed by atoms with Crippen LogP contribution in [0.5, 0.6) is 0 Å². The largest absolute Gasteiger partial charge is 0.498 e. The number of carbonyl (C=O) groups excluding carboxylic acids is 1. The monoisotopic (exact) mass is 342 g/mol. The van der Waals surface area contributed by atoms with Crippen LogP contribution in [0.25, 0.3) is 0 Å². The molecule has 2 fully saturated rings. The van der Waals surface area contributed by atoms with Crippen LogP contribution in [0.4, 0.5) is 0 Å². The van der Waals surface area contributed by atoms with Gasteiger partial charge < -0.3 is 4.74 Å². The smallest absolute Gasteiger partial charge is 0.139 e. The molecule has 0 spiro atoms. The molecule has 138 valence electrons. The van der Waals surface area contributed by atoms with Gasteiger partial charge in [0.05, 0.1) is 12.4 Å². The summed E-state index contributed by atoms with van der Waals surface area (Å²) in [7, 11) is 0. The highest BCUT2D eigenvalue weighted by Gasteiger charge is 2.59. The first-order valence-electron chi connectivity index (χ1n) is 10.5. The van der Waals surface area contributed by atoms with Crippen LogP contribution in [-0.2, 0) is 9.53 Å². The van der Waals surface area contributed by atoms with Crippen molar-refractivity contribution in [3.05, 3.63) is 23.0 Å². The first kappa shape index (κ1) is 17.4. The molecule has 25 heavy (non-hydrogen) atoms. The van der Waals surface area contributed by atoms with E-state index >= 15 is 0 Å². The first-order chi connectivity index (χ1) is 11.9. The minimum atomic E-state index is -0.0190. The number of Topliss-reactive ketones (excluding diaryl/α,β-unsaturated/α-hetero) is 1. The highest BCUT2D eigenvalue weighted by molar-refractivity contribution is 5.87. The SMILES string of the molecule is CCOC1=CC2=C(CC)C[C@@H]3[C@H](CC[C@]4(C)C(=O)CC[C@@H]34)[C@@]2(C)CC1. The molecule has 4 rings (SSSR count). The lowest BCUT2D eigenvalue weighted by molar-refractivity contribution is -0.131. The van der Waals surface area contributed by atoms with Gasteiger partial charge in [-0.25, -0.2) is 0 Å². The van der Waals surface area contributed by atoms with Gasteiger partial charge >= 0.3 is 0 Å². The van der Waals surface area contributed by atoms with E-state index < -0.39 is 0 Å². The van der Waals surface area contributed by atoms with E-state index in [0.717, 1.165) is 50.5 Å². The highest BCUT2D eigenvalue weighted by atomic mass is 16.5. The quantitative estimate of drug-likeness (QED) is 0.645. The average molecular weight is 343 g/mol. The van der Waals surface area contributed by atoms with Crippen molar-refractivity contribution in [1.82, 2.24) is 0 Å². The molecule has 0 aromatic carbocycles. The van der Waals surface area contributed by atoms with Gasteiger partial charge in [0.25, 0.3) is 0 Å². The molecular formula is C23H34O2. The average Bonchev–Trinajstić information content (AvgIpc) is 2.90. The zero-order valence-electron chi connectivity index (χ0n) is 16.5. The molecule has 0 unspecified atom stereocenters. The summed E-state index contributed by atoms with van der Waals surface area (Å²) in [6.07, 6.45) is 11.4. The van der Waals surface area contributed by atoms with E-state index in [1.807, 2.05) is 0 Å². The zero-order valence-corrected chi connectivity index (χ0v) is 16.5. The molecule has 0 aromatic heterocycles. The second-order valence-corrected chi connectivity index (χ2v) is 9.33. The van der Waals surface area contributed by atoms with Gasteiger partial charge in [-0.1, -0.05) is 26.3 Å². The molecule has 5 atom stereocenters. The number of carbonyl (C=O) groups is 1. The Morgan fingerprint density at radius 1 is 1.08 bits per heavy atom. The molecule has 0 bridgehead atoms. The van der Waals surface area contributed by atoms with E-state index in [2.05, 4.69) is 33.8 Å². The lowest BCUT2D eigenvalue weighted by Gasteiger charge is -2.57. The fraction of sp³-hybridized carbons (Fsp3) is 0.783. The topological polar surface area (TPSA) is 26.3 Å². The van der Waals surface area contributed by atoms with Gasteiger partial charge in [0.15, 0.2) is 0 Å². The molecule has 4 aliphatic rings. The van der Waals surface area contributed by atoms with Crippen LogP contribution in [0.15, 0.2) is 23.0 Å². The third kappa shape index (κ3) is 2.39. The fourth-order valence-electron chi connectivity index (χ4n) is 6.97. The van der Waals surface area contributed by atoms with Crippen molar-refractivity contribution in [1.29, 1.82) is 0 Å². The second-order valence-electron chi connectivity index (χ2n) is 9.33. The Labute approximate surface area is 153 Å². The lowest BCUT2D eigenvalue weighted by atomic mass is 9.47. The van der Waals surface area contributed by atoms with Crippen molar-refractivity contribution in [3.8, 4) is 0 Å². The van der Waals surface area contributed by atoms with Crippen molar-refractivity contribution in [2.75, 3.05) is 6.61 Å². The van der Waals surface area contributed by atoms with E-state index in [0.29, 0.717) is 17.1 Å². The molecular weight excluding hydrogens is 308 g/mol. The maximum atomic E-state index is 12.6. The third-order valence-corrected chi connectivity index (χ3v) is 8.40. The van der Waals surface area contributed by atoms with Crippen LogP contribution < -0.4 is 0 Å². The highest BCUT2D eigenvalue weighted by Crippen LogP contribution is 2.65. The van der Waals surface area contributed by atoms with E-state index in [4.69, 9.17) is 4.74 Å². The molecule has 2 nitrogen and oxygen atoms in total. The van der Waals surface area contributed by atoms with E-state index in [1.165, 1.54) is 25.0 Å². The molecule has 0 amide bonds. The predicted octanol–water partition coefficient (Wildman–Crippen LogP) is 5.83. The summed E-state index contributed by atoms with van der Waals surface area (Å²) in [6, 6.07) is 0. The summed E-state index contributed by atoms with van der Waals surface area (Å²) in [5.74, 6) is 3.83. The number of hydrogen-bond donors (Lipinski definition) is 0. The normalized spacial score (nSPS) is 43.3. The van der Waals surface area contributed by atoms with Gasteiger partial charge in [0, 0.05) is 18.3 Å². The number of hydrogen-bond acceptors (Lipinski definition) is 2. The Bertz CT molecular complexity index is 642. The van der Waals surface area contributed by atoms with Crippen molar-refractivity contribution >= 4 is 5.78 Å². The van der Waals surface area contributed by atoms with Crippen molar-refractivity contribution in [2.24, 2.45) is 28.6 Å². The van der Waals surface area contributed by atoms with E-state index in [1.54, 1.807) is 11.1 Å². The summed E-state index contributed by atoms with van der Waals surface area (Å²) < 4.78 is 5.89. The number of ketones is 1. The van der Waals surface area contributed by atoms with Gasteiger partial charge in [0.1, 0.15) is 5.78 Å². The van der Waals surface area contributed by atoms with Crippen LogP contribution in [0, 0.1) is 28.6 Å². The Morgan fingerprint density at radius 2 is 1.84 bits per heavy atom. The minimum absolute atomic E-state index is 0.0190. The fourth-order valence-corrected chi connectivity index (χ4v) is 6.97. The Kier molecular flexibility index (Phi) is 4.16. The van der Waals surface area contributed by atoms with Gasteiger partial charge in [-0.05, 0) is 80.3 Å². The van der Waals surface area contributed by atoms with Gasteiger partial charge in [-0.15, -0.1) is 0 Å². The molecule has 0 aliphatic heterocycles. The Morgan fingerprint density at radius 3 is 2.56 bits per heavy atom. The number of allylic oxidation sites excluding steroid dienone is 4. The van der Waals surface area contributed by atoms with Crippen LogP contribution in [0.2, 0.25) is 0 Å². The summed E-state index contributed by atoms with van der Waals surface area (Å²) in [5, 5.41) is 0. The third-order valence-electron chi connectivity index (χ3n) is 8.40. The Hall–Kier alpha value is -1.05.